The molecule has 7 aliphatic rings. The van der Waals surface area contributed by atoms with E-state index in [-0.39, 0.29) is 37.6 Å². The van der Waals surface area contributed by atoms with E-state index in [0.717, 1.165) is 85.0 Å². The van der Waals surface area contributed by atoms with Crippen LogP contribution in [-0.2, 0) is 40.4 Å². The highest BCUT2D eigenvalue weighted by atomic mass is 32.2. The largest absolute Gasteiger partial charge is 0.497 e. The molecule has 2 aromatic rings. The Labute approximate surface area is 334 Å². The maximum atomic E-state index is 14.9. The molecule has 4 heterocycles. The minimum absolute atomic E-state index is 0.0912. The summed E-state index contributed by atoms with van der Waals surface area (Å²) >= 11 is 0. The topological polar surface area (TPSA) is 170 Å². The second-order valence-corrected chi connectivity index (χ2v) is 20.7. The van der Waals surface area contributed by atoms with E-state index >= 15 is 0 Å². The van der Waals surface area contributed by atoms with Crippen LogP contribution in [0.1, 0.15) is 127 Å². The smallest absolute Gasteiger partial charge is 0.307 e. The molecule has 0 radical (unpaired) electrons. The number of carbonyl (C=O) groups is 4. The number of rotatable bonds is 8. The number of amides is 3. The lowest BCUT2D eigenvalue weighted by Crippen LogP contribution is -2.57. The molecule has 5 fully saturated rings. The lowest BCUT2D eigenvalue weighted by Gasteiger charge is -2.37. The Morgan fingerprint density at radius 1 is 1.04 bits per heavy atom. The standard InChI is InChI=1S/C43H54N4O9S/c1-40(17-18-40)55-34(48)21-27-9-7-5-4-6-8-10-28-23-43(28,39(51)46-57(52,53)41(2)19-20-41)45-37(49)33-24-42(25-47(33)38(27)50)16-15-31-30-14-13-29(54-3)22-32(30)44-35(26-11-12-26)36(31)56-42/h8,10,13-14,22,26-28,33H,4-7,9,11-12,15-21,23-25H2,1-3H3,(H,45,49)(H,46,51)/b10-8-/t27-,28-,33+,42-,43-/m1/s1. The lowest BCUT2D eigenvalue weighted by molar-refractivity contribution is -0.155. The van der Waals surface area contributed by atoms with Crippen molar-refractivity contribution >= 4 is 44.6 Å². The first-order valence-corrected chi connectivity index (χ1v) is 22.4. The average Bonchev–Trinajstić information content (AvgIpc) is 4.00. The van der Waals surface area contributed by atoms with Crippen LogP contribution in [0.15, 0.2) is 30.4 Å². The molecule has 3 aliphatic heterocycles. The Morgan fingerprint density at radius 2 is 1.82 bits per heavy atom. The minimum Gasteiger partial charge on any atom is -0.497 e. The van der Waals surface area contributed by atoms with Crippen molar-refractivity contribution in [1.82, 2.24) is 19.9 Å². The Hall–Kier alpha value is -4.20. The van der Waals surface area contributed by atoms with Gasteiger partial charge in [-0.3, -0.25) is 23.9 Å². The van der Waals surface area contributed by atoms with Crippen LogP contribution >= 0.6 is 0 Å². The van der Waals surface area contributed by atoms with Gasteiger partial charge in [-0.25, -0.2) is 13.4 Å². The molecule has 1 saturated heterocycles. The summed E-state index contributed by atoms with van der Waals surface area (Å²) in [5, 5.41) is 3.98. The number of ether oxygens (including phenoxy) is 3. The van der Waals surface area contributed by atoms with Crippen LogP contribution in [0, 0.1) is 11.8 Å². The molecule has 9 rings (SSSR count). The molecular weight excluding hydrogens is 749 g/mol. The number of aryl methyl sites for hydroxylation is 1. The van der Waals surface area contributed by atoms with E-state index in [9.17, 15) is 27.6 Å². The highest BCUT2D eigenvalue weighted by molar-refractivity contribution is 7.91. The lowest BCUT2D eigenvalue weighted by atomic mass is 9.86. The molecule has 5 atom stereocenters. The van der Waals surface area contributed by atoms with Crippen molar-refractivity contribution in [3.8, 4) is 11.5 Å². The number of fused-ring (bicyclic) bond motifs is 5. The van der Waals surface area contributed by atoms with Crippen molar-refractivity contribution in [2.24, 2.45) is 11.8 Å². The number of benzene rings is 1. The first-order chi connectivity index (χ1) is 27.2. The number of nitrogens with zero attached hydrogens (tertiary/aromatic N) is 2. The second kappa shape index (κ2) is 13.7. The van der Waals surface area contributed by atoms with E-state index in [2.05, 4.69) is 10.0 Å². The van der Waals surface area contributed by atoms with Gasteiger partial charge >= 0.3 is 5.97 Å². The number of allylic oxidation sites excluding steroid dienone is 1. The van der Waals surface area contributed by atoms with Crippen molar-refractivity contribution in [2.75, 3.05) is 13.7 Å². The van der Waals surface area contributed by atoms with E-state index in [1.54, 1.807) is 18.9 Å². The van der Waals surface area contributed by atoms with E-state index in [1.807, 2.05) is 37.3 Å². The molecule has 13 nitrogen and oxygen atoms in total. The third-order valence-electron chi connectivity index (χ3n) is 13.8. The maximum absolute atomic E-state index is 14.9. The SMILES string of the molecule is COc1ccc2c3c(c(C4CC4)nc2c1)O[C@]1(CC3)C[C@H]2C(=O)N[C@]3(C(=O)NS(=O)(=O)C4(C)CC4)C[C@H]3/C=C\CCCCC[C@H](CC(=O)OC3(C)CC3)C(=O)N2C1. The summed E-state index contributed by atoms with van der Waals surface area (Å²) in [6, 6.07) is 4.84. The highest BCUT2D eigenvalue weighted by Gasteiger charge is 2.64. The summed E-state index contributed by atoms with van der Waals surface area (Å²) in [6.45, 7) is 3.63. The van der Waals surface area contributed by atoms with Crippen molar-refractivity contribution in [1.29, 1.82) is 0 Å². The number of methoxy groups -OCH3 is 1. The fourth-order valence-corrected chi connectivity index (χ4v) is 10.5. The zero-order valence-corrected chi connectivity index (χ0v) is 34.0. The monoisotopic (exact) mass is 802 g/mol. The van der Waals surface area contributed by atoms with Crippen LogP contribution in [0.2, 0.25) is 0 Å². The molecule has 3 amide bonds. The number of nitrogens with one attached hydrogen (secondary N) is 2. The Balaban J connectivity index is 1.06. The molecule has 1 aromatic heterocycles. The number of hydrogen-bond acceptors (Lipinski definition) is 10. The Bertz CT molecular complexity index is 2180. The van der Waals surface area contributed by atoms with Gasteiger partial charge < -0.3 is 24.4 Å². The zero-order valence-electron chi connectivity index (χ0n) is 33.2. The van der Waals surface area contributed by atoms with E-state index < -0.39 is 67.2 Å². The van der Waals surface area contributed by atoms with Crippen molar-refractivity contribution in [3.05, 3.63) is 41.6 Å². The number of hydrogen-bond donors (Lipinski definition) is 2. The summed E-state index contributed by atoms with van der Waals surface area (Å²) in [5.41, 5.74) is -0.129. The van der Waals surface area contributed by atoms with Crippen molar-refractivity contribution in [2.45, 2.75) is 150 Å². The summed E-state index contributed by atoms with van der Waals surface area (Å²) in [4.78, 5) is 63.7. The molecule has 1 aromatic carbocycles. The van der Waals surface area contributed by atoms with E-state index in [4.69, 9.17) is 19.2 Å². The Kier molecular flexibility index (Phi) is 9.21. The van der Waals surface area contributed by atoms with Gasteiger partial charge in [0.2, 0.25) is 21.8 Å². The van der Waals surface area contributed by atoms with Crippen LogP contribution in [-0.4, -0.2) is 83.2 Å². The van der Waals surface area contributed by atoms with Gasteiger partial charge in [-0.05, 0) is 103 Å². The molecule has 0 unspecified atom stereocenters. The van der Waals surface area contributed by atoms with Crippen LogP contribution in [0.5, 0.6) is 11.5 Å². The van der Waals surface area contributed by atoms with Gasteiger partial charge in [0, 0.05) is 41.2 Å². The number of pyridine rings is 1. The molecule has 2 N–H and O–H groups in total. The first kappa shape index (κ1) is 38.3. The fraction of sp³-hybridized carbons (Fsp3) is 0.651. The van der Waals surface area contributed by atoms with Gasteiger partial charge in [0.1, 0.15) is 34.3 Å². The molecule has 57 heavy (non-hydrogen) atoms. The van der Waals surface area contributed by atoms with Gasteiger partial charge in [-0.1, -0.05) is 25.0 Å². The van der Waals surface area contributed by atoms with Crippen LogP contribution < -0.4 is 19.5 Å². The summed E-state index contributed by atoms with van der Waals surface area (Å²) in [7, 11) is -2.34. The van der Waals surface area contributed by atoms with Crippen LogP contribution in [0.25, 0.3) is 10.9 Å². The molecular formula is C43H54N4O9S. The fourth-order valence-electron chi connectivity index (χ4n) is 9.23. The highest BCUT2D eigenvalue weighted by Crippen LogP contribution is 2.52. The predicted molar refractivity (Wildman–Crippen MR) is 210 cm³/mol. The summed E-state index contributed by atoms with van der Waals surface area (Å²) in [5.74, 6) is -1.45. The third kappa shape index (κ3) is 7.18. The predicted octanol–water partition coefficient (Wildman–Crippen LogP) is 5.28. The van der Waals surface area contributed by atoms with Crippen molar-refractivity contribution in [3.63, 3.8) is 0 Å². The number of sulfonamides is 1. The summed E-state index contributed by atoms with van der Waals surface area (Å²) in [6.07, 6.45) is 13.4. The maximum Gasteiger partial charge on any atom is 0.307 e. The number of esters is 1. The molecule has 4 saturated carbocycles. The second-order valence-electron chi connectivity index (χ2n) is 18.5. The quantitative estimate of drug-likeness (QED) is 0.265. The third-order valence-corrected chi connectivity index (χ3v) is 16.0. The molecule has 4 aliphatic carbocycles. The van der Waals surface area contributed by atoms with Crippen LogP contribution in [0.3, 0.4) is 0 Å². The van der Waals surface area contributed by atoms with Crippen molar-refractivity contribution < 1.29 is 41.8 Å². The van der Waals surface area contributed by atoms with E-state index in [1.165, 1.54) is 0 Å². The van der Waals surface area contributed by atoms with Gasteiger partial charge in [-0.2, -0.15) is 0 Å². The first-order valence-electron chi connectivity index (χ1n) is 20.9. The molecule has 1 spiro atoms. The minimum atomic E-state index is -3.98. The molecule has 14 heteroatoms. The Morgan fingerprint density at radius 3 is 2.54 bits per heavy atom. The zero-order chi connectivity index (χ0) is 40.0. The molecule has 0 bridgehead atoms. The van der Waals surface area contributed by atoms with Gasteiger partial charge in [0.25, 0.3) is 5.91 Å². The molecule has 306 valence electrons. The number of carbonyl (C=O) groups excluding carboxylic acids is 4. The van der Waals surface area contributed by atoms with Crippen LogP contribution in [0.4, 0.5) is 0 Å². The van der Waals surface area contributed by atoms with Gasteiger partial charge in [-0.15, -0.1) is 0 Å². The average molecular weight is 803 g/mol. The van der Waals surface area contributed by atoms with Gasteiger partial charge in [0.15, 0.2) is 0 Å². The number of aromatic nitrogens is 1. The normalized spacial score (nSPS) is 32.0. The summed E-state index contributed by atoms with van der Waals surface area (Å²) < 4.78 is 46.2. The van der Waals surface area contributed by atoms with E-state index in [0.29, 0.717) is 32.1 Å². The van der Waals surface area contributed by atoms with Gasteiger partial charge in [0.05, 0.1) is 36.0 Å².